The van der Waals surface area contributed by atoms with Crippen LogP contribution in [0.15, 0.2) is 24.3 Å². The zero-order valence-corrected chi connectivity index (χ0v) is 16.1. The maximum atomic E-state index is 12.1. The normalized spacial score (nSPS) is 15.6. The van der Waals surface area contributed by atoms with Gasteiger partial charge in [-0.3, -0.25) is 4.79 Å². The average molecular weight is 361 g/mol. The molecule has 1 aliphatic heterocycles. The number of likely N-dealkylation sites (tertiary alicyclic amines) is 1. The third-order valence-corrected chi connectivity index (χ3v) is 4.77. The Hall–Kier alpha value is -2.24. The van der Waals surface area contributed by atoms with E-state index in [4.69, 9.17) is 10.5 Å². The highest BCUT2D eigenvalue weighted by Gasteiger charge is 2.25. The zero-order chi connectivity index (χ0) is 19.2. The molecule has 3 amide bonds. The van der Waals surface area contributed by atoms with Gasteiger partial charge in [0.05, 0.1) is 6.61 Å². The number of carbonyl (C=O) groups is 2. The molecule has 0 unspecified atom stereocenters. The fourth-order valence-electron chi connectivity index (χ4n) is 2.99. The van der Waals surface area contributed by atoms with Crippen molar-refractivity contribution < 1.29 is 14.3 Å². The lowest BCUT2D eigenvalue weighted by Gasteiger charge is -2.30. The van der Waals surface area contributed by atoms with Crippen LogP contribution in [-0.4, -0.2) is 43.1 Å². The van der Waals surface area contributed by atoms with Crippen LogP contribution in [0.5, 0.6) is 5.75 Å². The van der Waals surface area contributed by atoms with Crippen molar-refractivity contribution >= 4 is 11.9 Å². The van der Waals surface area contributed by atoms with Crippen molar-refractivity contribution in [3.63, 3.8) is 0 Å². The summed E-state index contributed by atoms with van der Waals surface area (Å²) in [6, 6.07) is 8.08. The highest BCUT2D eigenvalue weighted by Crippen LogP contribution is 2.24. The number of carbonyl (C=O) groups excluding carboxylic acids is 2. The van der Waals surface area contributed by atoms with Gasteiger partial charge in [-0.15, -0.1) is 0 Å². The Labute approximate surface area is 156 Å². The Balaban J connectivity index is 1.62. The van der Waals surface area contributed by atoms with Crippen molar-refractivity contribution in [1.29, 1.82) is 0 Å². The third-order valence-electron chi connectivity index (χ3n) is 4.77. The van der Waals surface area contributed by atoms with E-state index < -0.39 is 0 Å². The van der Waals surface area contributed by atoms with Crippen LogP contribution in [0.2, 0.25) is 0 Å². The molecule has 6 heteroatoms. The monoisotopic (exact) mass is 361 g/mol. The van der Waals surface area contributed by atoms with Crippen LogP contribution in [0, 0.1) is 5.92 Å². The largest absolute Gasteiger partial charge is 0.494 e. The number of urea groups is 1. The summed E-state index contributed by atoms with van der Waals surface area (Å²) in [5.74, 6) is 0.479. The van der Waals surface area contributed by atoms with E-state index >= 15 is 0 Å². The molecule has 0 saturated carbocycles. The van der Waals surface area contributed by atoms with Gasteiger partial charge in [-0.2, -0.15) is 0 Å². The van der Waals surface area contributed by atoms with Gasteiger partial charge in [0.2, 0.25) is 5.91 Å². The molecule has 3 N–H and O–H groups in total. The number of ether oxygens (including phenoxy) is 1. The first-order chi connectivity index (χ1) is 12.3. The highest BCUT2D eigenvalue weighted by molar-refractivity contribution is 5.78. The number of nitrogens with zero attached hydrogens (tertiary/aromatic N) is 1. The van der Waals surface area contributed by atoms with Crippen LogP contribution in [-0.2, 0) is 10.2 Å². The van der Waals surface area contributed by atoms with Gasteiger partial charge in [-0.1, -0.05) is 32.9 Å². The summed E-state index contributed by atoms with van der Waals surface area (Å²) in [5.41, 5.74) is 6.72. The second kappa shape index (κ2) is 8.92. The molecule has 1 fully saturated rings. The lowest BCUT2D eigenvalue weighted by molar-refractivity contribution is -0.123. The molecule has 2 rings (SSSR count). The van der Waals surface area contributed by atoms with Crippen molar-refractivity contribution in [3.8, 4) is 5.75 Å². The van der Waals surface area contributed by atoms with E-state index in [9.17, 15) is 9.59 Å². The number of nitrogens with one attached hydrogen (secondary N) is 1. The molecule has 144 valence electrons. The van der Waals surface area contributed by atoms with Crippen molar-refractivity contribution in [2.75, 3.05) is 26.2 Å². The molecule has 1 aromatic rings. The number of nitrogens with two attached hydrogens (primary N) is 1. The molecule has 1 aliphatic rings. The van der Waals surface area contributed by atoms with E-state index in [2.05, 4.69) is 38.2 Å². The third kappa shape index (κ3) is 5.93. The fourth-order valence-corrected chi connectivity index (χ4v) is 2.99. The summed E-state index contributed by atoms with van der Waals surface area (Å²) >= 11 is 0. The van der Waals surface area contributed by atoms with Crippen LogP contribution in [0.4, 0.5) is 4.79 Å². The highest BCUT2D eigenvalue weighted by atomic mass is 16.5. The molecule has 1 heterocycles. The summed E-state index contributed by atoms with van der Waals surface area (Å²) in [5, 5.41) is 2.90. The van der Waals surface area contributed by atoms with Crippen LogP contribution in [0.25, 0.3) is 0 Å². The van der Waals surface area contributed by atoms with E-state index in [1.165, 1.54) is 5.56 Å². The van der Waals surface area contributed by atoms with Crippen LogP contribution in [0.3, 0.4) is 0 Å². The molecular weight excluding hydrogens is 330 g/mol. The maximum Gasteiger partial charge on any atom is 0.317 e. The van der Waals surface area contributed by atoms with Gasteiger partial charge in [-0.25, -0.2) is 4.79 Å². The molecule has 0 aliphatic carbocycles. The van der Waals surface area contributed by atoms with E-state index in [1.807, 2.05) is 12.1 Å². The molecule has 1 aromatic carbocycles. The predicted octanol–water partition coefficient (Wildman–Crippen LogP) is 2.66. The molecule has 0 spiro atoms. The Morgan fingerprint density at radius 1 is 1.19 bits per heavy atom. The van der Waals surface area contributed by atoms with E-state index in [1.54, 1.807) is 4.90 Å². The first-order valence-electron chi connectivity index (χ1n) is 9.33. The Morgan fingerprint density at radius 2 is 1.81 bits per heavy atom. The minimum atomic E-state index is -0.266. The van der Waals surface area contributed by atoms with Gasteiger partial charge in [0, 0.05) is 25.6 Å². The van der Waals surface area contributed by atoms with Gasteiger partial charge in [0.25, 0.3) is 0 Å². The number of amides is 3. The lowest BCUT2D eigenvalue weighted by Crippen LogP contribution is -2.46. The van der Waals surface area contributed by atoms with Gasteiger partial charge in [0.1, 0.15) is 5.75 Å². The molecule has 6 nitrogen and oxygen atoms in total. The molecule has 1 saturated heterocycles. The van der Waals surface area contributed by atoms with Gasteiger partial charge >= 0.3 is 6.03 Å². The number of hydrogen-bond acceptors (Lipinski definition) is 3. The zero-order valence-electron chi connectivity index (χ0n) is 16.1. The molecule has 0 atom stereocenters. The SMILES string of the molecule is CC(C)(C)c1ccc(OCCCNC(=O)N2CCC(C(N)=O)CC2)cc1. The molecule has 0 bridgehead atoms. The predicted molar refractivity (Wildman–Crippen MR) is 102 cm³/mol. The number of hydrogen-bond donors (Lipinski definition) is 2. The first kappa shape index (κ1) is 20.1. The van der Waals surface area contributed by atoms with Crippen LogP contribution in [0.1, 0.15) is 45.6 Å². The minimum Gasteiger partial charge on any atom is -0.494 e. The van der Waals surface area contributed by atoms with Crippen LogP contribution < -0.4 is 15.8 Å². The maximum absolute atomic E-state index is 12.1. The molecule has 26 heavy (non-hydrogen) atoms. The standard InChI is InChI=1S/C20H31N3O3/c1-20(2,3)16-5-7-17(8-6-16)26-14-4-11-22-19(25)23-12-9-15(10-13-23)18(21)24/h5-8,15H,4,9-14H2,1-3H3,(H2,21,24)(H,22,25). The Kier molecular flexibility index (Phi) is 6.89. The number of rotatable bonds is 6. The second-order valence-electron chi connectivity index (χ2n) is 7.87. The van der Waals surface area contributed by atoms with Crippen LogP contribution >= 0.6 is 0 Å². The summed E-state index contributed by atoms with van der Waals surface area (Å²) in [6.07, 6.45) is 2.04. The summed E-state index contributed by atoms with van der Waals surface area (Å²) in [4.78, 5) is 25.0. The average Bonchev–Trinajstić information content (AvgIpc) is 2.61. The quantitative estimate of drug-likeness (QED) is 0.764. The van der Waals surface area contributed by atoms with Gasteiger partial charge in [0.15, 0.2) is 0 Å². The van der Waals surface area contributed by atoms with E-state index in [-0.39, 0.29) is 23.3 Å². The Bertz CT molecular complexity index is 600. The summed E-state index contributed by atoms with van der Waals surface area (Å²) in [6.45, 7) is 8.82. The van der Waals surface area contributed by atoms with Crippen molar-refractivity contribution in [3.05, 3.63) is 29.8 Å². The number of primary amides is 1. The summed E-state index contributed by atoms with van der Waals surface area (Å²) in [7, 11) is 0. The molecule has 0 aromatic heterocycles. The van der Waals surface area contributed by atoms with Gasteiger partial charge in [-0.05, 0) is 42.4 Å². The topological polar surface area (TPSA) is 84.7 Å². The van der Waals surface area contributed by atoms with Gasteiger partial charge < -0.3 is 20.7 Å². The Morgan fingerprint density at radius 3 is 2.35 bits per heavy atom. The van der Waals surface area contributed by atoms with Crippen molar-refractivity contribution in [1.82, 2.24) is 10.2 Å². The smallest absolute Gasteiger partial charge is 0.317 e. The van der Waals surface area contributed by atoms with E-state index in [0.717, 1.165) is 12.2 Å². The fraction of sp³-hybridized carbons (Fsp3) is 0.600. The minimum absolute atomic E-state index is 0.0811. The molecular formula is C20H31N3O3. The van der Waals surface area contributed by atoms with Crippen molar-refractivity contribution in [2.45, 2.75) is 45.4 Å². The molecule has 0 radical (unpaired) electrons. The lowest BCUT2D eigenvalue weighted by atomic mass is 9.87. The summed E-state index contributed by atoms with van der Waals surface area (Å²) < 4.78 is 5.73. The number of piperidine rings is 1. The van der Waals surface area contributed by atoms with E-state index in [0.29, 0.717) is 39.1 Å². The first-order valence-corrected chi connectivity index (χ1v) is 9.33. The second-order valence-corrected chi connectivity index (χ2v) is 7.87. The number of benzene rings is 1. The van der Waals surface area contributed by atoms with Crippen molar-refractivity contribution in [2.24, 2.45) is 11.7 Å².